The van der Waals surface area contributed by atoms with Gasteiger partial charge in [0.05, 0.1) is 18.1 Å². The van der Waals surface area contributed by atoms with Gasteiger partial charge in [-0.15, -0.1) is 11.3 Å². The van der Waals surface area contributed by atoms with Crippen LogP contribution in [0.3, 0.4) is 0 Å². The molecule has 1 aliphatic heterocycles. The van der Waals surface area contributed by atoms with Crippen molar-refractivity contribution in [2.45, 2.75) is 31.8 Å². The van der Waals surface area contributed by atoms with Crippen molar-refractivity contribution in [1.82, 2.24) is 18.8 Å². The van der Waals surface area contributed by atoms with Gasteiger partial charge in [0.2, 0.25) is 10.0 Å². The van der Waals surface area contributed by atoms with Gasteiger partial charge in [0.1, 0.15) is 16.3 Å². The second-order valence-electron chi connectivity index (χ2n) is 10.3. The fourth-order valence-electron chi connectivity index (χ4n) is 5.61. The van der Waals surface area contributed by atoms with Crippen molar-refractivity contribution in [1.29, 1.82) is 0 Å². The van der Waals surface area contributed by atoms with Crippen LogP contribution in [-0.2, 0) is 29.4 Å². The lowest BCUT2D eigenvalue weighted by Crippen LogP contribution is -2.47. The van der Waals surface area contributed by atoms with E-state index in [-0.39, 0.29) is 17.2 Å². The molecule has 1 atom stereocenters. The average Bonchev–Trinajstić information content (AvgIpc) is 3.33. The molecular formula is C28H28F2N4O3S2. The van der Waals surface area contributed by atoms with Crippen molar-refractivity contribution in [2.75, 3.05) is 32.4 Å². The monoisotopic (exact) mass is 570 g/mol. The molecular weight excluding hydrogens is 542 g/mol. The first-order valence-corrected chi connectivity index (χ1v) is 15.6. The summed E-state index contributed by atoms with van der Waals surface area (Å²) in [5.74, 6) is -1.31. The van der Waals surface area contributed by atoms with Crippen molar-refractivity contribution in [3.05, 3.63) is 87.5 Å². The predicted molar refractivity (Wildman–Crippen MR) is 148 cm³/mol. The fraction of sp³-hybridized carbons (Fsp3) is 0.357. The summed E-state index contributed by atoms with van der Waals surface area (Å²) in [5, 5.41) is 0. The van der Waals surface area contributed by atoms with Crippen LogP contribution >= 0.6 is 11.3 Å². The van der Waals surface area contributed by atoms with Gasteiger partial charge in [-0.25, -0.2) is 22.2 Å². The molecule has 39 heavy (non-hydrogen) atoms. The van der Waals surface area contributed by atoms with E-state index in [0.29, 0.717) is 41.3 Å². The SMILES string of the molecule is CS(=O)(=O)N1CCN(Cc2ccc3c(c2)CC[C@H](n2cnc4cc(-c5ccc(F)cc5F)sc4c2=O)C3)CC1. The molecule has 204 valence electrons. The van der Waals surface area contributed by atoms with Crippen LogP contribution in [0.2, 0.25) is 0 Å². The Morgan fingerprint density at radius 2 is 1.82 bits per heavy atom. The maximum absolute atomic E-state index is 14.3. The first kappa shape index (κ1) is 26.2. The van der Waals surface area contributed by atoms with Crippen molar-refractivity contribution >= 4 is 31.6 Å². The minimum Gasteiger partial charge on any atom is -0.296 e. The van der Waals surface area contributed by atoms with Crippen LogP contribution in [0.1, 0.15) is 29.2 Å². The number of hydrogen-bond donors (Lipinski definition) is 0. The molecule has 0 saturated carbocycles. The van der Waals surface area contributed by atoms with E-state index >= 15 is 0 Å². The van der Waals surface area contributed by atoms with Gasteiger partial charge < -0.3 is 0 Å². The normalized spacial score (nSPS) is 18.9. The molecule has 2 aromatic heterocycles. The number of hydrogen-bond acceptors (Lipinski definition) is 6. The Morgan fingerprint density at radius 3 is 2.56 bits per heavy atom. The molecule has 0 bridgehead atoms. The Kier molecular flexibility index (Phi) is 6.86. The van der Waals surface area contributed by atoms with Gasteiger partial charge in [-0.3, -0.25) is 14.3 Å². The smallest absolute Gasteiger partial charge is 0.271 e. The molecule has 1 fully saturated rings. The largest absolute Gasteiger partial charge is 0.296 e. The van der Waals surface area contributed by atoms with Crippen LogP contribution in [0.4, 0.5) is 8.78 Å². The summed E-state index contributed by atoms with van der Waals surface area (Å²) >= 11 is 1.18. The molecule has 0 spiro atoms. The van der Waals surface area contributed by atoms with E-state index < -0.39 is 21.7 Å². The Hall–Kier alpha value is -2.99. The van der Waals surface area contributed by atoms with Gasteiger partial charge in [-0.05, 0) is 54.2 Å². The lowest BCUT2D eigenvalue weighted by Gasteiger charge is -2.33. The molecule has 1 saturated heterocycles. The van der Waals surface area contributed by atoms with E-state index in [2.05, 4.69) is 28.1 Å². The topological polar surface area (TPSA) is 75.5 Å². The van der Waals surface area contributed by atoms with Crippen LogP contribution in [0, 0.1) is 11.6 Å². The van der Waals surface area contributed by atoms with Crippen molar-refractivity contribution < 1.29 is 17.2 Å². The van der Waals surface area contributed by atoms with E-state index in [1.807, 2.05) is 0 Å². The number of fused-ring (bicyclic) bond motifs is 2. The lowest BCUT2D eigenvalue weighted by molar-refractivity contribution is 0.182. The highest BCUT2D eigenvalue weighted by molar-refractivity contribution is 7.88. The number of benzene rings is 2. The first-order valence-electron chi connectivity index (χ1n) is 12.9. The van der Waals surface area contributed by atoms with Crippen LogP contribution in [0.5, 0.6) is 0 Å². The zero-order valence-electron chi connectivity index (χ0n) is 21.4. The molecule has 2 aromatic carbocycles. The summed E-state index contributed by atoms with van der Waals surface area (Å²) in [5.41, 5.74) is 4.33. The third kappa shape index (κ3) is 5.28. The number of thiophene rings is 1. The van der Waals surface area contributed by atoms with Crippen LogP contribution in [0.25, 0.3) is 20.7 Å². The molecule has 1 aliphatic carbocycles. The van der Waals surface area contributed by atoms with E-state index in [4.69, 9.17) is 0 Å². The van der Waals surface area contributed by atoms with Crippen LogP contribution in [-0.4, -0.2) is 59.6 Å². The molecule has 0 radical (unpaired) electrons. The Bertz CT molecular complexity index is 1730. The number of rotatable bonds is 5. The number of nitrogens with zero attached hydrogens (tertiary/aromatic N) is 4. The van der Waals surface area contributed by atoms with Gasteiger partial charge in [-0.1, -0.05) is 18.2 Å². The van der Waals surface area contributed by atoms with Crippen LogP contribution in [0.15, 0.2) is 53.6 Å². The fourth-order valence-corrected chi connectivity index (χ4v) is 7.51. The maximum atomic E-state index is 14.3. The summed E-state index contributed by atoms with van der Waals surface area (Å²) in [7, 11) is -3.14. The standard InChI is InChI=1S/C28H28F2N4O3S2/c1-39(36,37)33-10-8-32(9-11-33)16-18-2-3-20-13-22(6-4-19(20)12-18)34-17-31-25-15-26(38-27(25)28(34)35)23-7-5-21(29)14-24(23)30/h2-3,5,7,12,14-15,17,22H,4,6,8-11,13,16H2,1H3/t22-/m0/s1. The highest BCUT2D eigenvalue weighted by Crippen LogP contribution is 2.34. The second kappa shape index (κ2) is 10.2. The quantitative estimate of drug-likeness (QED) is 0.360. The number of piperazine rings is 1. The minimum atomic E-state index is -3.14. The van der Waals surface area contributed by atoms with Gasteiger partial charge in [0.25, 0.3) is 5.56 Å². The molecule has 6 rings (SSSR count). The number of aryl methyl sites for hydroxylation is 1. The van der Waals surface area contributed by atoms with Gasteiger partial charge in [0.15, 0.2) is 0 Å². The Labute approximate surface area is 229 Å². The second-order valence-corrected chi connectivity index (χ2v) is 13.4. The molecule has 3 heterocycles. The molecule has 11 heteroatoms. The van der Waals surface area contributed by atoms with E-state index in [9.17, 15) is 22.0 Å². The van der Waals surface area contributed by atoms with Crippen LogP contribution < -0.4 is 5.56 Å². The summed E-state index contributed by atoms with van der Waals surface area (Å²) in [6.07, 6.45) is 5.22. The van der Waals surface area contributed by atoms with Crippen molar-refractivity contribution in [2.24, 2.45) is 0 Å². The van der Waals surface area contributed by atoms with E-state index in [1.165, 1.54) is 50.7 Å². The zero-order valence-corrected chi connectivity index (χ0v) is 23.1. The van der Waals surface area contributed by atoms with Gasteiger partial charge in [0, 0.05) is 55.3 Å². The molecule has 4 aromatic rings. The first-order chi connectivity index (χ1) is 18.7. The third-order valence-corrected chi connectivity index (χ3v) is 10.2. The predicted octanol–water partition coefficient (Wildman–Crippen LogP) is 4.21. The van der Waals surface area contributed by atoms with Crippen molar-refractivity contribution in [3.63, 3.8) is 0 Å². The lowest BCUT2D eigenvalue weighted by atomic mass is 9.87. The summed E-state index contributed by atoms with van der Waals surface area (Å²) in [6.45, 7) is 3.24. The number of aromatic nitrogens is 2. The van der Waals surface area contributed by atoms with Crippen molar-refractivity contribution in [3.8, 4) is 10.4 Å². The number of halogens is 2. The molecule has 7 nitrogen and oxygen atoms in total. The van der Waals surface area contributed by atoms with Gasteiger partial charge in [-0.2, -0.15) is 4.31 Å². The number of sulfonamides is 1. The third-order valence-electron chi connectivity index (χ3n) is 7.73. The minimum absolute atomic E-state index is 0.0232. The van der Waals surface area contributed by atoms with Gasteiger partial charge >= 0.3 is 0 Å². The molecule has 2 aliphatic rings. The summed E-state index contributed by atoms with van der Waals surface area (Å²) in [4.78, 5) is 20.7. The molecule has 0 unspecified atom stereocenters. The highest BCUT2D eigenvalue weighted by Gasteiger charge is 2.25. The zero-order chi connectivity index (χ0) is 27.3. The summed E-state index contributed by atoms with van der Waals surface area (Å²) < 4.78 is 54.9. The Morgan fingerprint density at radius 1 is 1.03 bits per heavy atom. The van der Waals surface area contributed by atoms with E-state index in [1.54, 1.807) is 17.0 Å². The van der Waals surface area contributed by atoms with E-state index in [0.717, 1.165) is 31.9 Å². The molecule has 0 amide bonds. The Balaban J connectivity index is 1.18. The average molecular weight is 571 g/mol. The summed E-state index contributed by atoms with van der Waals surface area (Å²) in [6, 6.07) is 11.6. The molecule has 0 N–H and O–H groups in total. The maximum Gasteiger partial charge on any atom is 0.271 e. The highest BCUT2D eigenvalue weighted by atomic mass is 32.2.